The van der Waals surface area contributed by atoms with Gasteiger partial charge in [0.2, 0.25) is 17.9 Å². The molecule has 2 fully saturated rings. The number of piperidine rings is 1. The van der Waals surface area contributed by atoms with Gasteiger partial charge in [0.25, 0.3) is 10.0 Å². The van der Waals surface area contributed by atoms with Crippen LogP contribution in [0.1, 0.15) is 62.2 Å². The molecule has 0 saturated carbocycles. The van der Waals surface area contributed by atoms with E-state index in [2.05, 4.69) is 22.5 Å². The molecule has 44 heavy (non-hydrogen) atoms. The molecule has 2 saturated heterocycles. The summed E-state index contributed by atoms with van der Waals surface area (Å²) < 4.78 is 22.2. The van der Waals surface area contributed by atoms with Crippen LogP contribution in [-0.4, -0.2) is 79.4 Å². The van der Waals surface area contributed by atoms with E-state index in [9.17, 15) is 22.8 Å². The molecule has 1 aromatic carbocycles. The van der Waals surface area contributed by atoms with Crippen molar-refractivity contribution in [2.24, 2.45) is 11.7 Å². The minimum atomic E-state index is -3.60. The fraction of sp³-hybridized carbons (Fsp3) is 0.536. The lowest BCUT2D eigenvalue weighted by Gasteiger charge is -2.20. The van der Waals surface area contributed by atoms with E-state index in [0.717, 1.165) is 17.9 Å². The topological polar surface area (TPSA) is 208 Å². The molecule has 2 aliphatic heterocycles. The summed E-state index contributed by atoms with van der Waals surface area (Å²) >= 11 is 6.93. The first-order valence-corrected chi connectivity index (χ1v) is 17.1. The highest BCUT2D eigenvalue weighted by Crippen LogP contribution is 2.16. The van der Waals surface area contributed by atoms with Gasteiger partial charge < -0.3 is 26.4 Å². The van der Waals surface area contributed by atoms with Crippen LogP contribution in [0.5, 0.6) is 0 Å². The second-order valence-electron chi connectivity index (χ2n) is 9.78. The van der Waals surface area contributed by atoms with Crippen LogP contribution in [-0.2, 0) is 37.6 Å². The van der Waals surface area contributed by atoms with Crippen LogP contribution >= 0.6 is 22.9 Å². The SMILES string of the molecule is CCC1CCNCC1.CCNS(=O)(=O)C=O.N=C(N)c1csc(CNC(=O)C2CCCN2C=O)n1.OCc1ccc(Cl)cc1. The number of halogens is 1. The first kappa shape index (κ1) is 39.1. The Morgan fingerprint density at radius 3 is 2.34 bits per heavy atom. The van der Waals surface area contributed by atoms with Crippen molar-refractivity contribution in [2.45, 2.75) is 65.1 Å². The van der Waals surface area contributed by atoms with Crippen LogP contribution in [0.25, 0.3) is 0 Å². The van der Waals surface area contributed by atoms with E-state index in [1.165, 1.54) is 48.6 Å². The summed E-state index contributed by atoms with van der Waals surface area (Å²) in [4.78, 5) is 37.9. The summed E-state index contributed by atoms with van der Waals surface area (Å²) in [5, 5.41) is 25.0. The number of aliphatic hydroxyl groups is 1. The molecule has 0 bridgehead atoms. The van der Waals surface area contributed by atoms with Crippen LogP contribution in [0.15, 0.2) is 29.6 Å². The summed E-state index contributed by atoms with van der Waals surface area (Å²) in [6.45, 7) is 7.64. The molecule has 2 amide bonds. The molecule has 0 spiro atoms. The molecule has 1 aromatic heterocycles. The summed E-state index contributed by atoms with van der Waals surface area (Å²) in [6, 6.07) is 6.73. The number of amides is 2. The fourth-order valence-electron chi connectivity index (χ4n) is 4.11. The van der Waals surface area contributed by atoms with E-state index >= 15 is 0 Å². The van der Waals surface area contributed by atoms with Gasteiger partial charge in [-0.1, -0.05) is 44.0 Å². The molecule has 0 radical (unpaired) electrons. The van der Waals surface area contributed by atoms with Crippen LogP contribution < -0.4 is 21.1 Å². The molecular formula is C28H44ClN7O6S2. The lowest BCUT2D eigenvalue weighted by molar-refractivity contribution is -0.131. The zero-order valence-electron chi connectivity index (χ0n) is 25.1. The Bertz CT molecular complexity index is 1260. The number of likely N-dealkylation sites (tertiary alicyclic amines) is 1. The number of nitrogens with two attached hydrogens (primary N) is 1. The van der Waals surface area contributed by atoms with Crippen LogP contribution in [0.4, 0.5) is 0 Å². The predicted molar refractivity (Wildman–Crippen MR) is 173 cm³/mol. The monoisotopic (exact) mass is 673 g/mol. The number of carbonyl (C=O) groups excluding carboxylic acids is 3. The summed E-state index contributed by atoms with van der Waals surface area (Å²) in [5.41, 5.74) is 6.51. The van der Waals surface area contributed by atoms with Crippen LogP contribution in [0.3, 0.4) is 0 Å². The fourth-order valence-corrected chi connectivity index (χ4v) is 5.44. The Kier molecular flexibility index (Phi) is 19.3. The average Bonchev–Trinajstić information content (AvgIpc) is 3.72. The number of nitrogens with one attached hydrogen (secondary N) is 4. The number of benzene rings is 1. The third kappa shape index (κ3) is 15.7. The predicted octanol–water partition coefficient (Wildman–Crippen LogP) is 2.01. The minimum absolute atomic E-state index is 0.0805. The van der Waals surface area contributed by atoms with Crippen LogP contribution in [0, 0.1) is 11.3 Å². The third-order valence-electron chi connectivity index (χ3n) is 6.58. The Morgan fingerprint density at radius 1 is 1.23 bits per heavy atom. The number of amidine groups is 1. The van der Waals surface area contributed by atoms with Gasteiger partial charge >= 0.3 is 0 Å². The maximum atomic E-state index is 11.9. The van der Waals surface area contributed by atoms with Crippen molar-refractivity contribution in [1.29, 1.82) is 5.41 Å². The Morgan fingerprint density at radius 2 is 1.89 bits per heavy atom. The van der Waals surface area contributed by atoms with Crippen molar-refractivity contribution in [2.75, 3.05) is 26.2 Å². The maximum absolute atomic E-state index is 11.9. The van der Waals surface area contributed by atoms with Crippen molar-refractivity contribution in [3.8, 4) is 0 Å². The van der Waals surface area contributed by atoms with Gasteiger partial charge in [0.05, 0.1) is 13.2 Å². The third-order valence-corrected chi connectivity index (χ3v) is 8.62. The normalized spacial score (nSPS) is 16.2. The lowest BCUT2D eigenvalue weighted by atomic mass is 9.96. The van der Waals surface area contributed by atoms with Gasteiger partial charge in [-0.05, 0) is 62.4 Å². The van der Waals surface area contributed by atoms with E-state index in [-0.39, 0.29) is 36.6 Å². The molecule has 13 nitrogen and oxygen atoms in total. The number of nitrogen functional groups attached to an aromatic ring is 1. The van der Waals surface area contributed by atoms with Crippen molar-refractivity contribution in [3.05, 3.63) is 50.9 Å². The molecular weight excluding hydrogens is 630 g/mol. The highest BCUT2D eigenvalue weighted by atomic mass is 35.5. The largest absolute Gasteiger partial charge is 0.392 e. The van der Waals surface area contributed by atoms with Gasteiger partial charge in [0.1, 0.15) is 22.6 Å². The van der Waals surface area contributed by atoms with Gasteiger partial charge in [0.15, 0.2) is 0 Å². The summed E-state index contributed by atoms with van der Waals surface area (Å²) in [7, 11) is -3.60. The maximum Gasteiger partial charge on any atom is 0.271 e. The molecule has 1 unspecified atom stereocenters. The molecule has 2 aromatic rings. The van der Waals surface area contributed by atoms with Crippen molar-refractivity contribution in [3.63, 3.8) is 0 Å². The quantitative estimate of drug-likeness (QED) is 0.124. The molecule has 0 aliphatic carbocycles. The number of nitrogens with zero attached hydrogens (tertiary/aromatic N) is 2. The zero-order chi connectivity index (χ0) is 33.0. The summed E-state index contributed by atoms with van der Waals surface area (Å²) in [5.74, 6) is 0.775. The lowest BCUT2D eigenvalue weighted by Crippen LogP contribution is -2.42. The summed E-state index contributed by atoms with van der Waals surface area (Å²) in [6.07, 6.45) is 6.44. The van der Waals surface area contributed by atoms with E-state index in [1.54, 1.807) is 36.6 Å². The first-order valence-electron chi connectivity index (χ1n) is 14.3. The molecule has 246 valence electrons. The molecule has 7 N–H and O–H groups in total. The number of carbonyl (C=O) groups is 3. The van der Waals surface area contributed by atoms with Gasteiger partial charge in [-0.2, -0.15) is 0 Å². The number of hydrogen-bond acceptors (Lipinski definition) is 10. The van der Waals surface area contributed by atoms with Gasteiger partial charge in [-0.15, -0.1) is 11.3 Å². The number of hydrogen-bond donors (Lipinski definition) is 6. The number of aromatic nitrogens is 1. The van der Waals surface area contributed by atoms with E-state index in [4.69, 9.17) is 27.9 Å². The standard InChI is InChI=1S/C11H15N5O2S.C7H7ClO.C7H15N.C3H7NO3S/c12-10(13)7-5-19-9(15-7)4-14-11(18)8-2-1-3-16(8)6-17;8-7-3-1-6(5-9)2-4-7;1-2-7-3-5-8-6-4-7;1-2-4-8(6,7)3-5/h5-6,8H,1-4H2,(H3,12,13)(H,14,18);1-4,9H,5H2;7-8H,2-6H2,1H3;3-4H,2H2,1H3. The van der Waals surface area contributed by atoms with Gasteiger partial charge in [-0.3, -0.25) is 19.8 Å². The average molecular weight is 674 g/mol. The zero-order valence-corrected chi connectivity index (χ0v) is 27.5. The minimum Gasteiger partial charge on any atom is -0.392 e. The van der Waals surface area contributed by atoms with Crippen molar-refractivity contribution in [1.82, 2.24) is 25.2 Å². The highest BCUT2D eigenvalue weighted by Gasteiger charge is 2.29. The van der Waals surface area contributed by atoms with Crippen molar-refractivity contribution < 1.29 is 27.9 Å². The van der Waals surface area contributed by atoms with Crippen LogP contribution in [0.2, 0.25) is 5.02 Å². The second kappa shape index (κ2) is 21.7. The number of aliphatic hydroxyl groups excluding tert-OH is 1. The van der Waals surface area contributed by atoms with E-state index in [0.29, 0.717) is 41.6 Å². The smallest absolute Gasteiger partial charge is 0.271 e. The Labute approximate surface area is 268 Å². The number of sulfonamides is 1. The van der Waals surface area contributed by atoms with Gasteiger partial charge in [0, 0.05) is 23.5 Å². The van der Waals surface area contributed by atoms with Crippen molar-refractivity contribution >= 4 is 56.7 Å². The van der Waals surface area contributed by atoms with Gasteiger partial charge in [-0.25, -0.2) is 18.1 Å². The Balaban J connectivity index is 0.000000324. The molecule has 2 aliphatic rings. The molecule has 1 atom stereocenters. The first-order chi connectivity index (χ1) is 21.0. The number of thiazole rings is 1. The Hall–Kier alpha value is -2.95. The number of rotatable bonds is 10. The molecule has 3 heterocycles. The van der Waals surface area contributed by atoms with E-state index in [1.807, 2.05) is 4.72 Å². The molecule has 16 heteroatoms. The van der Waals surface area contributed by atoms with E-state index < -0.39 is 10.0 Å². The molecule has 4 rings (SSSR count). The second-order valence-corrected chi connectivity index (χ2v) is 12.7. The highest BCUT2D eigenvalue weighted by molar-refractivity contribution is 8.02.